The van der Waals surface area contributed by atoms with Crippen molar-refractivity contribution < 1.29 is 9.59 Å². The first-order chi connectivity index (χ1) is 12.0. The van der Waals surface area contributed by atoms with Crippen LogP contribution in [0.1, 0.15) is 0 Å². The number of carbonyl (C=O) groups is 2. The minimum Gasteiger partial charge on any atom is -0.370 e. The van der Waals surface area contributed by atoms with Crippen LogP contribution in [0.15, 0.2) is 20.0 Å². The summed E-state index contributed by atoms with van der Waals surface area (Å²) in [6, 6.07) is -0.996. The van der Waals surface area contributed by atoms with Crippen molar-refractivity contribution in [2.24, 2.45) is 31.4 Å². The number of aliphatic imine (C=N–C) groups is 4. The van der Waals surface area contributed by atoms with E-state index in [1.54, 1.807) is 22.5 Å². The van der Waals surface area contributed by atoms with Gasteiger partial charge in [0.05, 0.1) is 24.4 Å². The minimum absolute atomic E-state index is 0.0837. The molecule has 4 heterocycles. The van der Waals surface area contributed by atoms with Crippen molar-refractivity contribution in [3.05, 3.63) is 0 Å². The minimum atomic E-state index is -0.506. The summed E-state index contributed by atoms with van der Waals surface area (Å²) in [5, 5.41) is 5.01. The van der Waals surface area contributed by atoms with E-state index in [-0.39, 0.29) is 23.7 Å². The van der Waals surface area contributed by atoms with Gasteiger partial charge in [0.15, 0.2) is 36.3 Å². The van der Waals surface area contributed by atoms with Crippen molar-refractivity contribution in [1.29, 1.82) is 0 Å². The Kier molecular flexibility index (Phi) is 3.71. The van der Waals surface area contributed by atoms with Gasteiger partial charge in [0.1, 0.15) is 0 Å². The summed E-state index contributed by atoms with van der Waals surface area (Å²) in [6.07, 6.45) is 2.19. The molecule has 0 aromatic heterocycles. The standard InChI is InChI=1S/C12H16N10O2S/c13-11-17-7-5(9(23)19-11)21(1-15-7)3-25-4-22-2-16-8-6(22)10(24)20-12(14)18-8/h1-2,5-8H,3-4H2,(H3,13,17,19,23)(H3,14,18,20,24). The van der Waals surface area contributed by atoms with E-state index in [0.717, 1.165) is 0 Å². The molecular weight excluding hydrogens is 348 g/mol. The molecule has 4 rings (SSSR count). The van der Waals surface area contributed by atoms with Gasteiger partial charge in [0, 0.05) is 0 Å². The highest BCUT2D eigenvalue weighted by Gasteiger charge is 2.41. The molecule has 4 unspecified atom stereocenters. The van der Waals surface area contributed by atoms with Gasteiger partial charge in [-0.05, 0) is 0 Å². The van der Waals surface area contributed by atoms with Crippen molar-refractivity contribution >= 4 is 48.2 Å². The lowest BCUT2D eigenvalue weighted by Crippen LogP contribution is -2.56. The number of nitrogens with one attached hydrogen (secondary N) is 2. The highest BCUT2D eigenvalue weighted by molar-refractivity contribution is 7.99. The van der Waals surface area contributed by atoms with E-state index in [4.69, 9.17) is 11.5 Å². The quantitative estimate of drug-likeness (QED) is 0.403. The van der Waals surface area contributed by atoms with Crippen LogP contribution >= 0.6 is 11.8 Å². The number of amides is 2. The lowest BCUT2D eigenvalue weighted by atomic mass is 10.2. The Morgan fingerprint density at radius 3 is 1.80 bits per heavy atom. The molecule has 0 spiro atoms. The van der Waals surface area contributed by atoms with Crippen LogP contribution in [-0.4, -0.2) is 82.4 Å². The van der Waals surface area contributed by atoms with Gasteiger partial charge in [-0.25, -0.2) is 20.0 Å². The zero-order valence-corrected chi connectivity index (χ0v) is 13.8. The van der Waals surface area contributed by atoms with Crippen molar-refractivity contribution in [1.82, 2.24) is 20.4 Å². The number of guanidine groups is 2. The molecule has 0 aromatic carbocycles. The molecule has 0 saturated heterocycles. The third-order valence-corrected chi connectivity index (χ3v) is 5.04. The lowest BCUT2D eigenvalue weighted by molar-refractivity contribution is -0.124. The second-order valence-electron chi connectivity index (χ2n) is 5.74. The van der Waals surface area contributed by atoms with Crippen LogP contribution < -0.4 is 22.1 Å². The topological polar surface area (TPSA) is 166 Å². The summed E-state index contributed by atoms with van der Waals surface area (Å²) in [4.78, 5) is 44.3. The molecule has 4 aliphatic rings. The lowest BCUT2D eigenvalue weighted by Gasteiger charge is -2.30. The van der Waals surface area contributed by atoms with E-state index >= 15 is 0 Å². The molecule has 0 aliphatic carbocycles. The third-order valence-electron chi connectivity index (χ3n) is 4.08. The fourth-order valence-corrected chi connectivity index (χ4v) is 3.92. The predicted octanol–water partition coefficient (Wildman–Crippen LogP) is -3.40. The van der Waals surface area contributed by atoms with Crippen molar-refractivity contribution in [3.8, 4) is 0 Å². The predicted molar refractivity (Wildman–Crippen MR) is 92.7 cm³/mol. The van der Waals surface area contributed by atoms with Gasteiger partial charge in [-0.2, -0.15) is 0 Å². The molecule has 25 heavy (non-hydrogen) atoms. The van der Waals surface area contributed by atoms with E-state index in [2.05, 4.69) is 30.6 Å². The van der Waals surface area contributed by atoms with Gasteiger partial charge in [-0.1, -0.05) is 0 Å². The van der Waals surface area contributed by atoms with Gasteiger partial charge >= 0.3 is 0 Å². The van der Waals surface area contributed by atoms with Crippen molar-refractivity contribution in [3.63, 3.8) is 0 Å². The fourth-order valence-electron chi connectivity index (χ4n) is 2.97. The number of hydrogen-bond donors (Lipinski definition) is 4. The number of thioether (sulfide) groups is 1. The number of carbonyl (C=O) groups excluding carboxylic acids is 2. The van der Waals surface area contributed by atoms with E-state index < -0.39 is 24.4 Å². The normalized spacial score (nSPS) is 32.8. The first-order valence-corrected chi connectivity index (χ1v) is 8.62. The molecule has 6 N–H and O–H groups in total. The maximum absolute atomic E-state index is 12.1. The summed E-state index contributed by atoms with van der Waals surface area (Å²) in [6.45, 7) is 0. The van der Waals surface area contributed by atoms with E-state index in [9.17, 15) is 9.59 Å². The Morgan fingerprint density at radius 1 is 0.920 bits per heavy atom. The fraction of sp³-hybridized carbons (Fsp3) is 0.500. The number of hydrogen-bond acceptors (Lipinski definition) is 11. The molecule has 0 radical (unpaired) electrons. The molecule has 0 saturated carbocycles. The number of nitrogens with zero attached hydrogens (tertiary/aromatic N) is 6. The van der Waals surface area contributed by atoms with Gasteiger partial charge in [0.25, 0.3) is 11.8 Å². The van der Waals surface area contributed by atoms with E-state index in [1.807, 2.05) is 0 Å². The van der Waals surface area contributed by atoms with E-state index in [0.29, 0.717) is 11.8 Å². The Morgan fingerprint density at radius 2 is 1.36 bits per heavy atom. The smallest absolute Gasteiger partial charge is 0.253 e. The summed E-state index contributed by atoms with van der Waals surface area (Å²) < 4.78 is 0. The molecule has 4 aliphatic heterocycles. The Labute approximate surface area is 146 Å². The summed E-state index contributed by atoms with van der Waals surface area (Å²) in [7, 11) is 0. The van der Waals surface area contributed by atoms with Crippen LogP contribution in [0.2, 0.25) is 0 Å². The Bertz CT molecular complexity index is 673. The Balaban J connectivity index is 1.33. The van der Waals surface area contributed by atoms with Gasteiger partial charge in [-0.3, -0.25) is 20.2 Å². The molecule has 12 nitrogen and oxygen atoms in total. The summed E-state index contributed by atoms with van der Waals surface area (Å²) in [5.74, 6) is 0.718. The zero-order chi connectivity index (χ0) is 17.6. The molecule has 0 aromatic rings. The number of rotatable bonds is 4. The second kappa shape index (κ2) is 5.91. The zero-order valence-electron chi connectivity index (χ0n) is 12.9. The molecule has 132 valence electrons. The molecular formula is C12H16N10O2S. The average molecular weight is 364 g/mol. The van der Waals surface area contributed by atoms with Gasteiger partial charge in [-0.15, -0.1) is 11.8 Å². The molecule has 2 amide bonds. The largest absolute Gasteiger partial charge is 0.370 e. The molecule has 4 atom stereocenters. The monoisotopic (exact) mass is 364 g/mol. The van der Waals surface area contributed by atoms with Crippen molar-refractivity contribution in [2.45, 2.75) is 24.4 Å². The molecule has 13 heteroatoms. The van der Waals surface area contributed by atoms with Crippen molar-refractivity contribution in [2.75, 3.05) is 11.8 Å². The summed E-state index contributed by atoms with van der Waals surface area (Å²) in [5.41, 5.74) is 11.1. The first kappa shape index (κ1) is 15.7. The Hall–Kier alpha value is -2.83. The van der Waals surface area contributed by atoms with Gasteiger partial charge < -0.3 is 21.3 Å². The highest BCUT2D eigenvalue weighted by Crippen LogP contribution is 2.23. The van der Waals surface area contributed by atoms with Crippen LogP contribution in [0.25, 0.3) is 0 Å². The first-order valence-electron chi connectivity index (χ1n) is 7.47. The maximum atomic E-state index is 12.1. The number of nitrogens with two attached hydrogens (primary N) is 2. The second-order valence-corrected chi connectivity index (χ2v) is 6.67. The summed E-state index contributed by atoms with van der Waals surface area (Å²) >= 11 is 1.51. The average Bonchev–Trinajstić information content (AvgIpc) is 3.12. The van der Waals surface area contributed by atoms with E-state index in [1.165, 1.54) is 11.8 Å². The SMILES string of the molecule is NC1=NC2N=CN(CSCN3C=NC4N=C(N)NC(=O)C43)C2C(=O)N1. The van der Waals surface area contributed by atoms with Gasteiger partial charge in [0.2, 0.25) is 0 Å². The molecule has 0 bridgehead atoms. The number of fused-ring (bicyclic) bond motifs is 2. The molecule has 0 fully saturated rings. The van der Waals surface area contributed by atoms with Crippen LogP contribution in [-0.2, 0) is 9.59 Å². The third kappa shape index (κ3) is 2.75. The van der Waals surface area contributed by atoms with Crippen LogP contribution in [0, 0.1) is 0 Å². The van der Waals surface area contributed by atoms with Crippen LogP contribution in [0.5, 0.6) is 0 Å². The highest BCUT2D eigenvalue weighted by atomic mass is 32.2. The maximum Gasteiger partial charge on any atom is 0.253 e. The van der Waals surface area contributed by atoms with Crippen LogP contribution in [0.3, 0.4) is 0 Å². The van der Waals surface area contributed by atoms with Crippen LogP contribution in [0.4, 0.5) is 0 Å².